The van der Waals surface area contributed by atoms with E-state index in [0.29, 0.717) is 17.7 Å². The highest BCUT2D eigenvalue weighted by Crippen LogP contribution is 2.29. The van der Waals surface area contributed by atoms with Crippen LogP contribution in [0.4, 0.5) is 5.69 Å². The van der Waals surface area contributed by atoms with E-state index < -0.39 is 4.92 Å². The molecule has 1 aromatic rings. The molecular formula is C16H26N2O3. The maximum Gasteiger partial charge on any atom is 0.310 e. The van der Waals surface area contributed by atoms with Crippen LogP contribution in [0.15, 0.2) is 18.2 Å². The molecule has 1 N–H and O–H groups in total. The normalized spacial score (nSPS) is 12.7. The number of ether oxygens (including phenoxy) is 1. The summed E-state index contributed by atoms with van der Waals surface area (Å²) in [5, 5.41) is 14.4. The number of hydrogen-bond acceptors (Lipinski definition) is 4. The van der Waals surface area contributed by atoms with Crippen molar-refractivity contribution < 1.29 is 9.66 Å². The van der Waals surface area contributed by atoms with Crippen molar-refractivity contribution in [1.29, 1.82) is 0 Å². The zero-order valence-corrected chi connectivity index (χ0v) is 13.6. The van der Waals surface area contributed by atoms with Crippen molar-refractivity contribution >= 4 is 5.69 Å². The molecule has 21 heavy (non-hydrogen) atoms. The number of nitro benzene ring substituents is 1. The number of nitrogens with zero attached hydrogens (tertiary/aromatic N) is 1. The first-order valence-corrected chi connectivity index (χ1v) is 7.44. The van der Waals surface area contributed by atoms with E-state index in [1.54, 1.807) is 6.07 Å². The summed E-state index contributed by atoms with van der Waals surface area (Å²) in [6.07, 6.45) is 1.81. The van der Waals surface area contributed by atoms with E-state index in [4.69, 9.17) is 4.74 Å². The molecule has 1 aromatic carbocycles. The number of benzene rings is 1. The lowest BCUT2D eigenvalue weighted by Gasteiger charge is -2.19. The van der Waals surface area contributed by atoms with Crippen LogP contribution in [0, 0.1) is 16.0 Å². The Morgan fingerprint density at radius 1 is 1.29 bits per heavy atom. The van der Waals surface area contributed by atoms with Crippen molar-refractivity contribution in [2.75, 3.05) is 7.05 Å². The van der Waals surface area contributed by atoms with Gasteiger partial charge >= 0.3 is 5.69 Å². The second kappa shape index (κ2) is 7.98. The third-order valence-electron chi connectivity index (χ3n) is 3.23. The average Bonchev–Trinajstić information content (AvgIpc) is 2.36. The van der Waals surface area contributed by atoms with Gasteiger partial charge < -0.3 is 10.1 Å². The topological polar surface area (TPSA) is 64.4 Å². The lowest BCUT2D eigenvalue weighted by atomic mass is 9.97. The van der Waals surface area contributed by atoms with E-state index in [-0.39, 0.29) is 11.8 Å². The Hall–Kier alpha value is -1.62. The van der Waals surface area contributed by atoms with Gasteiger partial charge in [-0.25, -0.2) is 0 Å². The Labute approximate surface area is 126 Å². The van der Waals surface area contributed by atoms with Crippen LogP contribution in [0.1, 0.15) is 39.7 Å². The summed E-state index contributed by atoms with van der Waals surface area (Å²) in [6.45, 7) is 8.11. The minimum Gasteiger partial charge on any atom is -0.484 e. The summed E-state index contributed by atoms with van der Waals surface area (Å²) in [7, 11) is 1.95. The first-order chi connectivity index (χ1) is 9.83. The summed E-state index contributed by atoms with van der Waals surface area (Å²) in [5.41, 5.74) is 1.08. The molecule has 1 atom stereocenters. The van der Waals surface area contributed by atoms with Crippen molar-refractivity contribution in [3.05, 3.63) is 33.9 Å². The molecular weight excluding hydrogens is 268 g/mol. The molecule has 0 bridgehead atoms. The van der Waals surface area contributed by atoms with Gasteiger partial charge in [0.25, 0.3) is 0 Å². The lowest BCUT2D eigenvalue weighted by molar-refractivity contribution is -0.386. The molecule has 0 aromatic heterocycles. The molecule has 118 valence electrons. The number of nitrogens with one attached hydrogen (secondary N) is 1. The summed E-state index contributed by atoms with van der Waals surface area (Å²) in [6, 6.07) is 5.51. The molecule has 0 aliphatic rings. The minimum atomic E-state index is -0.398. The fraction of sp³-hybridized carbons (Fsp3) is 0.625. The molecule has 0 aliphatic carbocycles. The Balaban J connectivity index is 2.95. The van der Waals surface area contributed by atoms with Gasteiger partial charge in [-0.3, -0.25) is 10.1 Å². The molecule has 5 heteroatoms. The molecule has 5 nitrogen and oxygen atoms in total. The summed E-state index contributed by atoms with van der Waals surface area (Å²) < 4.78 is 5.58. The van der Waals surface area contributed by atoms with Crippen LogP contribution in [0.5, 0.6) is 5.75 Å². The Kier molecular flexibility index (Phi) is 6.62. The molecule has 0 aliphatic heterocycles. The quantitative estimate of drug-likeness (QED) is 0.588. The van der Waals surface area contributed by atoms with Gasteiger partial charge in [-0.15, -0.1) is 0 Å². The highest BCUT2D eigenvalue weighted by molar-refractivity contribution is 5.48. The maximum absolute atomic E-state index is 11.1. The van der Waals surface area contributed by atoms with E-state index >= 15 is 0 Å². The standard InChI is InChI=1S/C16H26N2O3/c1-11(2)8-14(17-5)9-13-6-7-15(18(19)20)16(10-13)21-12(3)4/h6-7,10-12,14,17H,8-9H2,1-5H3. The highest BCUT2D eigenvalue weighted by Gasteiger charge is 2.18. The van der Waals surface area contributed by atoms with E-state index in [0.717, 1.165) is 18.4 Å². The van der Waals surface area contributed by atoms with Crippen LogP contribution in [0.25, 0.3) is 0 Å². The molecule has 1 rings (SSSR count). The monoisotopic (exact) mass is 294 g/mol. The van der Waals surface area contributed by atoms with Gasteiger partial charge in [0.1, 0.15) is 0 Å². The minimum absolute atomic E-state index is 0.0253. The molecule has 0 saturated carbocycles. The van der Waals surface area contributed by atoms with Gasteiger partial charge in [-0.05, 0) is 51.3 Å². The largest absolute Gasteiger partial charge is 0.484 e. The van der Waals surface area contributed by atoms with Gasteiger partial charge in [-0.2, -0.15) is 0 Å². The number of hydrogen-bond donors (Lipinski definition) is 1. The maximum atomic E-state index is 11.1. The Morgan fingerprint density at radius 2 is 1.95 bits per heavy atom. The first-order valence-electron chi connectivity index (χ1n) is 7.44. The van der Waals surface area contributed by atoms with Gasteiger partial charge in [-0.1, -0.05) is 19.9 Å². The molecule has 0 saturated heterocycles. The Bertz CT molecular complexity index is 473. The highest BCUT2D eigenvalue weighted by atomic mass is 16.6. The third kappa shape index (κ3) is 5.71. The van der Waals surface area contributed by atoms with Crippen molar-refractivity contribution in [2.24, 2.45) is 5.92 Å². The van der Waals surface area contributed by atoms with Crippen LogP contribution in [0.3, 0.4) is 0 Å². The fourth-order valence-electron chi connectivity index (χ4n) is 2.34. The lowest BCUT2D eigenvalue weighted by Crippen LogP contribution is -2.29. The number of nitro groups is 1. The van der Waals surface area contributed by atoms with Gasteiger partial charge in [0.15, 0.2) is 5.75 Å². The smallest absolute Gasteiger partial charge is 0.310 e. The second-order valence-electron chi connectivity index (χ2n) is 6.05. The molecule has 1 unspecified atom stereocenters. The van der Waals surface area contributed by atoms with Crippen LogP contribution < -0.4 is 10.1 Å². The third-order valence-corrected chi connectivity index (χ3v) is 3.23. The van der Waals surface area contributed by atoms with E-state index in [1.807, 2.05) is 27.0 Å². The number of likely N-dealkylation sites (N-methyl/N-ethyl adjacent to an activating group) is 1. The number of rotatable bonds is 8. The van der Waals surface area contributed by atoms with Gasteiger partial charge in [0.2, 0.25) is 0 Å². The Morgan fingerprint density at radius 3 is 2.43 bits per heavy atom. The van der Waals surface area contributed by atoms with Crippen LogP contribution >= 0.6 is 0 Å². The SMILES string of the molecule is CNC(Cc1ccc([N+](=O)[O-])c(OC(C)C)c1)CC(C)C. The second-order valence-corrected chi connectivity index (χ2v) is 6.05. The van der Waals surface area contributed by atoms with Crippen molar-refractivity contribution in [3.8, 4) is 5.75 Å². The van der Waals surface area contributed by atoms with Crippen LogP contribution in [-0.2, 0) is 6.42 Å². The van der Waals surface area contributed by atoms with Crippen molar-refractivity contribution in [2.45, 2.75) is 52.7 Å². The summed E-state index contributed by atoms with van der Waals surface area (Å²) in [4.78, 5) is 10.7. The molecule has 0 amide bonds. The van der Waals surface area contributed by atoms with E-state index in [1.165, 1.54) is 6.07 Å². The molecule has 0 heterocycles. The predicted molar refractivity (Wildman–Crippen MR) is 84.9 cm³/mol. The predicted octanol–water partition coefficient (Wildman–Crippen LogP) is 3.56. The van der Waals surface area contributed by atoms with Crippen molar-refractivity contribution in [1.82, 2.24) is 5.32 Å². The molecule has 0 radical (unpaired) electrons. The van der Waals surface area contributed by atoms with Crippen LogP contribution in [0.2, 0.25) is 0 Å². The first kappa shape index (κ1) is 17.4. The molecule has 0 spiro atoms. The van der Waals surface area contributed by atoms with Crippen LogP contribution in [-0.4, -0.2) is 24.1 Å². The average molecular weight is 294 g/mol. The van der Waals surface area contributed by atoms with Gasteiger partial charge in [0, 0.05) is 12.1 Å². The zero-order chi connectivity index (χ0) is 16.0. The zero-order valence-electron chi connectivity index (χ0n) is 13.6. The summed E-state index contributed by atoms with van der Waals surface area (Å²) >= 11 is 0. The fourth-order valence-corrected chi connectivity index (χ4v) is 2.34. The van der Waals surface area contributed by atoms with E-state index in [2.05, 4.69) is 19.2 Å². The van der Waals surface area contributed by atoms with Gasteiger partial charge in [0.05, 0.1) is 11.0 Å². The summed E-state index contributed by atoms with van der Waals surface area (Å²) in [5.74, 6) is 0.957. The molecule has 0 fully saturated rings. The van der Waals surface area contributed by atoms with Crippen molar-refractivity contribution in [3.63, 3.8) is 0 Å². The van der Waals surface area contributed by atoms with E-state index in [9.17, 15) is 10.1 Å².